The number of nitrogens with zero attached hydrogens (tertiary/aromatic N) is 5. The van der Waals surface area contributed by atoms with Crippen molar-refractivity contribution in [1.82, 2.24) is 34.6 Å². The molecule has 5 aromatic rings. The summed E-state index contributed by atoms with van der Waals surface area (Å²) >= 11 is 0. The number of H-pyrrole nitrogens is 2. The molecule has 3 aromatic carbocycles. The Morgan fingerprint density at radius 3 is 2.17 bits per heavy atom. The summed E-state index contributed by atoms with van der Waals surface area (Å²) in [5.74, 6) is 2.71. The van der Waals surface area contributed by atoms with Gasteiger partial charge in [-0.3, -0.25) is 14.6 Å². The van der Waals surface area contributed by atoms with E-state index in [1.165, 1.54) is 6.42 Å². The Morgan fingerprint density at radius 1 is 0.830 bits per heavy atom. The van der Waals surface area contributed by atoms with E-state index in [9.17, 15) is 4.79 Å². The van der Waals surface area contributed by atoms with Crippen LogP contribution in [0.4, 0.5) is 0 Å². The highest BCUT2D eigenvalue weighted by molar-refractivity contribution is 5.84. The maximum atomic E-state index is 14.0. The van der Waals surface area contributed by atoms with Gasteiger partial charge in [0.1, 0.15) is 23.4 Å². The quantitative estimate of drug-likeness (QED) is 0.185. The monoisotopic (exact) mass is 629 g/mol. The summed E-state index contributed by atoms with van der Waals surface area (Å²) in [4.78, 5) is 36.9. The predicted molar refractivity (Wildman–Crippen MR) is 185 cm³/mol. The van der Waals surface area contributed by atoms with Gasteiger partial charge in [0.25, 0.3) is 0 Å². The lowest BCUT2D eigenvalue weighted by Crippen LogP contribution is -2.40. The first-order valence-corrected chi connectivity index (χ1v) is 16.5. The zero-order valence-electron chi connectivity index (χ0n) is 27.6. The lowest BCUT2D eigenvalue weighted by molar-refractivity contribution is -0.137. The van der Waals surface area contributed by atoms with Gasteiger partial charge >= 0.3 is 0 Å². The van der Waals surface area contributed by atoms with Gasteiger partial charge in [0.05, 0.1) is 43.0 Å². The Balaban J connectivity index is 1.12. The number of hydrogen-bond donors (Lipinski definition) is 2. The number of aromatic nitrogens is 4. The Labute approximate surface area is 276 Å². The molecule has 7 rings (SSSR count). The van der Waals surface area contributed by atoms with Gasteiger partial charge in [-0.05, 0) is 87.8 Å². The first-order valence-electron chi connectivity index (χ1n) is 16.5. The maximum absolute atomic E-state index is 14.0. The summed E-state index contributed by atoms with van der Waals surface area (Å²) < 4.78 is 5.79. The summed E-state index contributed by atoms with van der Waals surface area (Å²) in [5, 5.41) is 0. The SMILES string of the molecule is COc1ccc(-c2ccc(-c3cnc([C@@H]4CCCN4C)[nH]3)cc2)cc1-c1cnc([C@@H]2CCCN2C(=O)[C@@H](c2ccccc2)N(C)C)[nH]1. The second kappa shape index (κ2) is 13.2. The van der Waals surface area contributed by atoms with Gasteiger partial charge in [0.15, 0.2) is 0 Å². The van der Waals surface area contributed by atoms with Crippen molar-refractivity contribution in [3.8, 4) is 39.4 Å². The number of imidazole rings is 2. The Kier molecular flexibility index (Phi) is 8.66. The van der Waals surface area contributed by atoms with Crippen LogP contribution in [-0.4, -0.2) is 81.9 Å². The molecule has 0 unspecified atom stereocenters. The minimum atomic E-state index is -0.348. The molecule has 9 nitrogen and oxygen atoms in total. The summed E-state index contributed by atoms with van der Waals surface area (Å²) in [6.45, 7) is 1.83. The third kappa shape index (κ3) is 6.08. The van der Waals surface area contributed by atoms with Crippen LogP contribution < -0.4 is 4.74 Å². The number of rotatable bonds is 9. The molecule has 9 heteroatoms. The average Bonchev–Trinajstić information content (AvgIpc) is 3.92. The standard InChI is InChI=1S/C38H43N7O2/c1-43(2)35(27-10-6-5-7-11-27)38(46)45-21-9-13-33(45)37-40-24-31(42-37)29-22-28(18-19-34(29)47-4)25-14-16-26(17-15-25)30-23-39-36(41-30)32-12-8-20-44(32)3/h5-7,10-11,14-19,22-24,32-33,35H,8-9,12-13,20-21H2,1-4H3,(H,39,41)(H,40,42)/t32-,33-,35+/m0/s1. The molecule has 2 fully saturated rings. The number of ether oxygens (including phenoxy) is 1. The van der Waals surface area contributed by atoms with Crippen molar-refractivity contribution in [2.24, 2.45) is 0 Å². The highest BCUT2D eigenvalue weighted by Crippen LogP contribution is 2.38. The number of aromatic amines is 2. The molecular weight excluding hydrogens is 586 g/mol. The van der Waals surface area contributed by atoms with Gasteiger partial charge in [0, 0.05) is 12.1 Å². The zero-order chi connectivity index (χ0) is 32.5. The average molecular weight is 630 g/mol. The number of likely N-dealkylation sites (N-methyl/N-ethyl adjacent to an activating group) is 1. The summed E-state index contributed by atoms with van der Waals surface area (Å²) in [6, 6.07) is 24.7. The molecule has 2 aromatic heterocycles. The first kappa shape index (κ1) is 30.9. The third-order valence-corrected chi connectivity index (χ3v) is 9.76. The van der Waals surface area contributed by atoms with E-state index in [0.29, 0.717) is 12.6 Å². The van der Waals surface area contributed by atoms with Crippen LogP contribution in [0, 0.1) is 0 Å². The van der Waals surface area contributed by atoms with E-state index < -0.39 is 0 Å². The van der Waals surface area contributed by atoms with Crippen molar-refractivity contribution in [2.75, 3.05) is 41.3 Å². The second-order valence-corrected chi connectivity index (χ2v) is 13.0. The molecule has 0 aliphatic carbocycles. The molecule has 0 bridgehead atoms. The van der Waals surface area contributed by atoms with E-state index in [2.05, 4.69) is 58.3 Å². The Bertz CT molecular complexity index is 1830. The number of nitrogens with one attached hydrogen (secondary N) is 2. The summed E-state index contributed by atoms with van der Waals surface area (Å²) in [6.07, 6.45) is 7.96. The van der Waals surface area contributed by atoms with Crippen LogP contribution >= 0.6 is 0 Å². The topological polar surface area (TPSA) is 93.4 Å². The molecule has 47 heavy (non-hydrogen) atoms. The van der Waals surface area contributed by atoms with E-state index in [0.717, 1.165) is 82.4 Å². The molecule has 242 valence electrons. The molecule has 2 aliphatic heterocycles. The fourth-order valence-corrected chi connectivity index (χ4v) is 7.26. The Morgan fingerprint density at radius 2 is 1.47 bits per heavy atom. The van der Waals surface area contributed by atoms with Crippen LogP contribution in [0.3, 0.4) is 0 Å². The van der Waals surface area contributed by atoms with Crippen molar-refractivity contribution in [1.29, 1.82) is 0 Å². The Hall–Kier alpha value is -4.73. The lowest BCUT2D eigenvalue weighted by atomic mass is 9.99. The molecule has 4 heterocycles. The van der Waals surface area contributed by atoms with Crippen molar-refractivity contribution in [2.45, 2.75) is 43.8 Å². The van der Waals surface area contributed by atoms with Gasteiger partial charge in [-0.15, -0.1) is 0 Å². The molecule has 0 radical (unpaired) electrons. The van der Waals surface area contributed by atoms with E-state index in [1.807, 2.05) is 72.7 Å². The van der Waals surface area contributed by atoms with E-state index in [1.54, 1.807) is 7.11 Å². The minimum absolute atomic E-state index is 0.0990. The van der Waals surface area contributed by atoms with Crippen LogP contribution in [0.25, 0.3) is 33.6 Å². The fourth-order valence-electron chi connectivity index (χ4n) is 7.26. The molecule has 3 atom stereocenters. The van der Waals surface area contributed by atoms with E-state index in [-0.39, 0.29) is 18.0 Å². The van der Waals surface area contributed by atoms with Crippen LogP contribution in [0.15, 0.2) is 85.2 Å². The fraction of sp³-hybridized carbons (Fsp3) is 0.342. The molecule has 2 N–H and O–H groups in total. The molecule has 1 amide bonds. The number of carbonyl (C=O) groups is 1. The smallest absolute Gasteiger partial charge is 0.245 e. The molecule has 2 aliphatic rings. The van der Waals surface area contributed by atoms with Crippen molar-refractivity contribution >= 4 is 5.91 Å². The first-order chi connectivity index (χ1) is 22.9. The number of benzene rings is 3. The van der Waals surface area contributed by atoms with Gasteiger partial charge < -0.3 is 19.6 Å². The number of likely N-dealkylation sites (tertiary alicyclic amines) is 2. The largest absolute Gasteiger partial charge is 0.496 e. The van der Waals surface area contributed by atoms with Crippen molar-refractivity contribution in [3.63, 3.8) is 0 Å². The van der Waals surface area contributed by atoms with Crippen LogP contribution in [0.1, 0.15) is 61.0 Å². The molecular formula is C38H43N7O2. The molecule has 2 saturated heterocycles. The summed E-state index contributed by atoms with van der Waals surface area (Å²) in [7, 11) is 7.78. The number of methoxy groups -OCH3 is 1. The summed E-state index contributed by atoms with van der Waals surface area (Å²) in [5.41, 5.74) is 7.12. The zero-order valence-corrected chi connectivity index (χ0v) is 27.6. The number of hydrogen-bond acceptors (Lipinski definition) is 6. The molecule has 0 spiro atoms. The van der Waals surface area contributed by atoms with Crippen molar-refractivity contribution in [3.05, 3.63) is 102 Å². The van der Waals surface area contributed by atoms with E-state index >= 15 is 0 Å². The van der Waals surface area contributed by atoms with Crippen LogP contribution in [-0.2, 0) is 4.79 Å². The van der Waals surface area contributed by atoms with Gasteiger partial charge in [0.2, 0.25) is 5.91 Å². The maximum Gasteiger partial charge on any atom is 0.245 e. The lowest BCUT2D eigenvalue weighted by Gasteiger charge is -2.31. The normalized spacial score (nSPS) is 19.0. The van der Waals surface area contributed by atoms with Gasteiger partial charge in [-0.2, -0.15) is 0 Å². The highest BCUT2D eigenvalue weighted by Gasteiger charge is 2.37. The third-order valence-electron chi connectivity index (χ3n) is 9.76. The van der Waals surface area contributed by atoms with E-state index in [4.69, 9.17) is 14.7 Å². The van der Waals surface area contributed by atoms with Gasteiger partial charge in [-0.25, -0.2) is 9.97 Å². The number of amides is 1. The highest BCUT2D eigenvalue weighted by atomic mass is 16.5. The van der Waals surface area contributed by atoms with Crippen LogP contribution in [0.5, 0.6) is 5.75 Å². The minimum Gasteiger partial charge on any atom is -0.496 e. The van der Waals surface area contributed by atoms with Gasteiger partial charge in [-0.1, -0.05) is 60.7 Å². The van der Waals surface area contributed by atoms with Crippen molar-refractivity contribution < 1.29 is 9.53 Å². The predicted octanol–water partition coefficient (Wildman–Crippen LogP) is 6.88. The number of carbonyl (C=O) groups excluding carboxylic acids is 1. The molecule has 0 saturated carbocycles. The second-order valence-electron chi connectivity index (χ2n) is 13.0. The van der Waals surface area contributed by atoms with Crippen LogP contribution in [0.2, 0.25) is 0 Å².